The molecular weight excluding hydrogens is 190 g/mol. The van der Waals surface area contributed by atoms with Gasteiger partial charge < -0.3 is 5.11 Å². The molecule has 2 saturated carbocycles. The predicted octanol–water partition coefficient (Wildman–Crippen LogP) is 2.11. The number of hydrogen-bond acceptors (Lipinski definition) is 2. The van der Waals surface area contributed by atoms with Crippen molar-refractivity contribution in [3.05, 3.63) is 0 Å². The van der Waals surface area contributed by atoms with Gasteiger partial charge in [-0.3, -0.25) is 9.69 Å². The number of carboxylic acid groups (broad SMARTS) is 1. The smallest absolute Gasteiger partial charge is 0.317 e. The molecule has 0 aromatic heterocycles. The average Bonchev–Trinajstić information content (AvgIpc) is 2.89. The molecule has 0 amide bonds. The number of carboxylic acids is 1. The van der Waals surface area contributed by atoms with Crippen molar-refractivity contribution in [2.24, 2.45) is 5.92 Å². The van der Waals surface area contributed by atoms with E-state index in [1.807, 2.05) is 0 Å². The number of hydrogen-bond donors (Lipinski definition) is 1. The molecule has 0 aromatic carbocycles. The fourth-order valence-electron chi connectivity index (χ4n) is 2.55. The molecule has 2 fully saturated rings. The number of rotatable bonds is 6. The van der Waals surface area contributed by atoms with Crippen LogP contribution in [0.1, 0.15) is 45.4 Å². The van der Waals surface area contributed by atoms with Gasteiger partial charge in [0.05, 0.1) is 6.54 Å². The molecule has 0 bridgehead atoms. The molecule has 2 aliphatic rings. The zero-order valence-corrected chi connectivity index (χ0v) is 9.48. The highest BCUT2D eigenvalue weighted by Gasteiger charge is 2.34. The molecule has 1 unspecified atom stereocenters. The molecule has 3 nitrogen and oxygen atoms in total. The van der Waals surface area contributed by atoms with Crippen molar-refractivity contribution >= 4 is 5.97 Å². The molecule has 2 rings (SSSR count). The fraction of sp³-hybridized carbons (Fsp3) is 0.917. The summed E-state index contributed by atoms with van der Waals surface area (Å²) in [6, 6.07) is 1.02. The maximum absolute atomic E-state index is 10.8. The van der Waals surface area contributed by atoms with Gasteiger partial charge in [-0.2, -0.15) is 0 Å². The van der Waals surface area contributed by atoms with Crippen LogP contribution < -0.4 is 0 Å². The van der Waals surface area contributed by atoms with E-state index in [0.717, 1.165) is 5.92 Å². The van der Waals surface area contributed by atoms with Crippen LogP contribution in [0.5, 0.6) is 0 Å². The first-order chi connectivity index (χ1) is 7.16. The van der Waals surface area contributed by atoms with Crippen molar-refractivity contribution in [1.82, 2.24) is 4.90 Å². The van der Waals surface area contributed by atoms with Crippen molar-refractivity contribution in [2.45, 2.75) is 57.5 Å². The second kappa shape index (κ2) is 4.52. The Bertz CT molecular complexity index is 234. The zero-order valence-electron chi connectivity index (χ0n) is 9.48. The monoisotopic (exact) mass is 211 g/mol. The molecule has 0 aliphatic heterocycles. The Kier molecular flexibility index (Phi) is 3.29. The van der Waals surface area contributed by atoms with E-state index in [-0.39, 0.29) is 6.54 Å². The van der Waals surface area contributed by atoms with Gasteiger partial charge in [0.2, 0.25) is 0 Å². The van der Waals surface area contributed by atoms with E-state index in [4.69, 9.17) is 5.11 Å². The molecule has 0 heterocycles. The quantitative estimate of drug-likeness (QED) is 0.731. The average molecular weight is 211 g/mol. The van der Waals surface area contributed by atoms with Crippen LogP contribution in [0.4, 0.5) is 0 Å². The summed E-state index contributed by atoms with van der Waals surface area (Å²) in [6.07, 6.45) is 7.68. The maximum atomic E-state index is 10.8. The second-order valence-electron chi connectivity index (χ2n) is 5.18. The molecule has 0 spiro atoms. The van der Waals surface area contributed by atoms with Crippen molar-refractivity contribution < 1.29 is 9.90 Å². The van der Waals surface area contributed by atoms with E-state index in [1.165, 1.54) is 38.5 Å². The lowest BCUT2D eigenvalue weighted by Gasteiger charge is -2.34. The summed E-state index contributed by atoms with van der Waals surface area (Å²) in [7, 11) is 0. The van der Waals surface area contributed by atoms with E-state index < -0.39 is 5.97 Å². The molecule has 1 N–H and O–H groups in total. The van der Waals surface area contributed by atoms with Crippen LogP contribution >= 0.6 is 0 Å². The molecule has 1 atom stereocenters. The molecule has 15 heavy (non-hydrogen) atoms. The van der Waals surface area contributed by atoms with Crippen molar-refractivity contribution in [3.8, 4) is 0 Å². The Balaban J connectivity index is 1.81. The van der Waals surface area contributed by atoms with Crippen molar-refractivity contribution in [3.63, 3.8) is 0 Å². The van der Waals surface area contributed by atoms with E-state index in [9.17, 15) is 4.79 Å². The highest BCUT2D eigenvalue weighted by atomic mass is 16.4. The fourth-order valence-corrected chi connectivity index (χ4v) is 2.55. The van der Waals surface area contributed by atoms with Crippen LogP contribution in [0.3, 0.4) is 0 Å². The van der Waals surface area contributed by atoms with Crippen LogP contribution in [0.15, 0.2) is 0 Å². The van der Waals surface area contributed by atoms with Crippen LogP contribution in [0.2, 0.25) is 0 Å². The summed E-state index contributed by atoms with van der Waals surface area (Å²) in [5.74, 6) is 0.192. The Morgan fingerprint density at radius 1 is 1.40 bits per heavy atom. The van der Waals surface area contributed by atoms with Gasteiger partial charge in [0.15, 0.2) is 0 Å². The molecule has 2 aliphatic carbocycles. The van der Waals surface area contributed by atoms with E-state index in [1.54, 1.807) is 0 Å². The minimum atomic E-state index is -0.678. The van der Waals surface area contributed by atoms with Gasteiger partial charge in [-0.05, 0) is 32.1 Å². The predicted molar refractivity (Wildman–Crippen MR) is 58.8 cm³/mol. The van der Waals surface area contributed by atoms with Crippen molar-refractivity contribution in [2.75, 3.05) is 6.54 Å². The highest BCUT2D eigenvalue weighted by molar-refractivity contribution is 5.69. The maximum Gasteiger partial charge on any atom is 0.317 e. The van der Waals surface area contributed by atoms with Gasteiger partial charge >= 0.3 is 5.97 Å². The lowest BCUT2D eigenvalue weighted by molar-refractivity contribution is -0.139. The largest absolute Gasteiger partial charge is 0.480 e. The molecular formula is C12H21NO2. The third-order valence-electron chi connectivity index (χ3n) is 3.80. The minimum absolute atomic E-state index is 0.235. The molecule has 0 saturated heterocycles. The Morgan fingerprint density at radius 3 is 2.47 bits per heavy atom. The summed E-state index contributed by atoms with van der Waals surface area (Å²) in [6.45, 7) is 2.43. The van der Waals surface area contributed by atoms with Gasteiger partial charge in [0.1, 0.15) is 0 Å². The van der Waals surface area contributed by atoms with E-state index in [2.05, 4.69) is 11.8 Å². The van der Waals surface area contributed by atoms with Gasteiger partial charge in [-0.25, -0.2) is 0 Å². The lowest BCUT2D eigenvalue weighted by atomic mass is 9.81. The number of nitrogens with zero attached hydrogens (tertiary/aromatic N) is 1. The van der Waals surface area contributed by atoms with Gasteiger partial charge in [-0.15, -0.1) is 0 Å². The summed E-state index contributed by atoms with van der Waals surface area (Å²) in [5.41, 5.74) is 0. The minimum Gasteiger partial charge on any atom is -0.480 e. The Hall–Kier alpha value is -0.570. The second-order valence-corrected chi connectivity index (χ2v) is 5.18. The van der Waals surface area contributed by atoms with E-state index >= 15 is 0 Å². The van der Waals surface area contributed by atoms with Crippen LogP contribution in [-0.4, -0.2) is 34.6 Å². The highest BCUT2D eigenvalue weighted by Crippen LogP contribution is 2.35. The number of carbonyl (C=O) groups is 1. The van der Waals surface area contributed by atoms with Crippen LogP contribution in [0.25, 0.3) is 0 Å². The summed E-state index contributed by atoms with van der Waals surface area (Å²) >= 11 is 0. The van der Waals surface area contributed by atoms with Gasteiger partial charge in [0.25, 0.3) is 0 Å². The first kappa shape index (κ1) is 10.9. The zero-order chi connectivity index (χ0) is 10.8. The summed E-state index contributed by atoms with van der Waals surface area (Å²) < 4.78 is 0. The standard InChI is InChI=1S/C12H21NO2/c1-9(7-10-3-2-4-10)13(8-12(14)15)11-5-6-11/h9-11H,2-8H2,1H3,(H,14,15). The third kappa shape index (κ3) is 2.94. The molecule has 86 valence electrons. The van der Waals surface area contributed by atoms with E-state index in [0.29, 0.717) is 12.1 Å². The third-order valence-corrected chi connectivity index (χ3v) is 3.80. The molecule has 0 aromatic rings. The summed E-state index contributed by atoms with van der Waals surface area (Å²) in [4.78, 5) is 13.0. The molecule has 3 heteroatoms. The normalized spacial score (nSPS) is 23.9. The van der Waals surface area contributed by atoms with Crippen LogP contribution in [0, 0.1) is 5.92 Å². The van der Waals surface area contributed by atoms with Gasteiger partial charge in [-0.1, -0.05) is 19.3 Å². The first-order valence-electron chi connectivity index (χ1n) is 6.14. The first-order valence-corrected chi connectivity index (χ1v) is 6.14. The SMILES string of the molecule is CC(CC1CCC1)N(CC(=O)O)C1CC1. The lowest BCUT2D eigenvalue weighted by Crippen LogP contribution is -2.40. The Labute approximate surface area is 91.5 Å². The van der Waals surface area contributed by atoms with Gasteiger partial charge in [0, 0.05) is 12.1 Å². The van der Waals surface area contributed by atoms with Crippen molar-refractivity contribution in [1.29, 1.82) is 0 Å². The summed E-state index contributed by atoms with van der Waals surface area (Å²) in [5, 5.41) is 8.87. The topological polar surface area (TPSA) is 40.5 Å². The van der Waals surface area contributed by atoms with Crippen LogP contribution in [-0.2, 0) is 4.79 Å². The molecule has 0 radical (unpaired) electrons. The number of aliphatic carboxylic acids is 1. The Morgan fingerprint density at radius 2 is 2.07 bits per heavy atom.